The molecule has 1 aliphatic carbocycles. The average molecular weight is 224 g/mol. The number of hydrogen-bond donors (Lipinski definition) is 1. The zero-order valence-corrected chi connectivity index (χ0v) is 10.4. The molecule has 0 aromatic rings. The highest BCUT2D eigenvalue weighted by Crippen LogP contribution is 2.29. The van der Waals surface area contributed by atoms with Crippen molar-refractivity contribution in [1.82, 2.24) is 4.90 Å². The lowest BCUT2D eigenvalue weighted by Crippen LogP contribution is -2.68. The van der Waals surface area contributed by atoms with E-state index in [1.807, 2.05) is 4.90 Å². The molecule has 3 heteroatoms. The fourth-order valence-corrected chi connectivity index (χ4v) is 2.90. The standard InChI is InChI=1S/C13H24N2O/c1-2-13(14)9-15(10-13)12(16)8-7-11-5-3-4-6-11/h11H,2-10,14H2,1H3. The third kappa shape index (κ3) is 2.57. The van der Waals surface area contributed by atoms with Crippen LogP contribution < -0.4 is 5.73 Å². The van der Waals surface area contributed by atoms with Gasteiger partial charge in [0.15, 0.2) is 0 Å². The summed E-state index contributed by atoms with van der Waals surface area (Å²) in [5.74, 6) is 1.14. The second kappa shape index (κ2) is 4.74. The summed E-state index contributed by atoms with van der Waals surface area (Å²) < 4.78 is 0. The number of nitrogens with zero attached hydrogens (tertiary/aromatic N) is 1. The van der Waals surface area contributed by atoms with Gasteiger partial charge in [-0.05, 0) is 18.8 Å². The van der Waals surface area contributed by atoms with E-state index in [0.29, 0.717) is 5.91 Å². The quantitative estimate of drug-likeness (QED) is 0.793. The van der Waals surface area contributed by atoms with Crippen LogP contribution in [0.5, 0.6) is 0 Å². The first-order valence-electron chi connectivity index (χ1n) is 6.69. The van der Waals surface area contributed by atoms with Gasteiger partial charge in [0.1, 0.15) is 0 Å². The summed E-state index contributed by atoms with van der Waals surface area (Å²) in [7, 11) is 0. The molecule has 2 fully saturated rings. The van der Waals surface area contributed by atoms with Crippen LogP contribution in [0.2, 0.25) is 0 Å². The summed E-state index contributed by atoms with van der Waals surface area (Å²) in [5.41, 5.74) is 5.97. The van der Waals surface area contributed by atoms with Gasteiger partial charge in [-0.25, -0.2) is 0 Å². The van der Waals surface area contributed by atoms with Gasteiger partial charge < -0.3 is 10.6 Å². The molecule has 3 nitrogen and oxygen atoms in total. The Bertz CT molecular complexity index is 253. The summed E-state index contributed by atoms with van der Waals surface area (Å²) in [6, 6.07) is 0. The van der Waals surface area contributed by atoms with Crippen LogP contribution in [-0.4, -0.2) is 29.4 Å². The van der Waals surface area contributed by atoms with Gasteiger partial charge in [0.2, 0.25) is 5.91 Å². The summed E-state index contributed by atoms with van der Waals surface area (Å²) in [5, 5.41) is 0. The molecule has 1 aliphatic heterocycles. The molecule has 2 rings (SSSR count). The SMILES string of the molecule is CCC1(N)CN(C(=O)CCC2CCCC2)C1. The summed E-state index contributed by atoms with van der Waals surface area (Å²) in [6.07, 6.45) is 8.21. The molecule has 0 radical (unpaired) electrons. The zero-order chi connectivity index (χ0) is 11.6. The fourth-order valence-electron chi connectivity index (χ4n) is 2.90. The Morgan fingerprint density at radius 2 is 2.00 bits per heavy atom. The molecule has 2 N–H and O–H groups in total. The van der Waals surface area contributed by atoms with E-state index in [1.165, 1.54) is 25.7 Å². The van der Waals surface area contributed by atoms with E-state index in [-0.39, 0.29) is 5.54 Å². The van der Waals surface area contributed by atoms with Crippen LogP contribution in [0.25, 0.3) is 0 Å². The molecule has 0 spiro atoms. The molecule has 1 saturated carbocycles. The van der Waals surface area contributed by atoms with Gasteiger partial charge in [-0.3, -0.25) is 4.79 Å². The van der Waals surface area contributed by atoms with E-state index in [4.69, 9.17) is 5.73 Å². The minimum atomic E-state index is -0.0803. The number of carbonyl (C=O) groups is 1. The first-order chi connectivity index (χ1) is 7.63. The summed E-state index contributed by atoms with van der Waals surface area (Å²) >= 11 is 0. The molecule has 1 amide bonds. The van der Waals surface area contributed by atoms with Crippen molar-refractivity contribution in [3.8, 4) is 0 Å². The van der Waals surface area contributed by atoms with Crippen molar-refractivity contribution in [2.45, 2.75) is 57.4 Å². The van der Waals surface area contributed by atoms with Crippen molar-refractivity contribution in [3.05, 3.63) is 0 Å². The summed E-state index contributed by atoms with van der Waals surface area (Å²) in [6.45, 7) is 3.64. The second-order valence-corrected chi connectivity index (χ2v) is 5.65. The van der Waals surface area contributed by atoms with Gasteiger partial charge in [-0.1, -0.05) is 32.6 Å². The number of rotatable bonds is 4. The van der Waals surface area contributed by atoms with E-state index >= 15 is 0 Å². The Hall–Kier alpha value is -0.570. The third-order valence-corrected chi connectivity index (χ3v) is 4.31. The number of likely N-dealkylation sites (tertiary alicyclic amines) is 1. The van der Waals surface area contributed by atoms with Gasteiger partial charge in [0, 0.05) is 19.5 Å². The van der Waals surface area contributed by atoms with Gasteiger partial charge >= 0.3 is 0 Å². The van der Waals surface area contributed by atoms with Crippen LogP contribution in [0, 0.1) is 5.92 Å². The van der Waals surface area contributed by atoms with Crippen molar-refractivity contribution < 1.29 is 4.79 Å². The Kier molecular flexibility index (Phi) is 3.53. The van der Waals surface area contributed by atoms with Crippen LogP contribution in [0.15, 0.2) is 0 Å². The van der Waals surface area contributed by atoms with Gasteiger partial charge in [0.25, 0.3) is 0 Å². The molecule has 0 aromatic heterocycles. The third-order valence-electron chi connectivity index (χ3n) is 4.31. The number of carbonyl (C=O) groups excluding carboxylic acids is 1. The highest BCUT2D eigenvalue weighted by molar-refractivity contribution is 5.77. The highest BCUT2D eigenvalue weighted by atomic mass is 16.2. The lowest BCUT2D eigenvalue weighted by molar-refractivity contribution is -0.139. The molecule has 1 heterocycles. The predicted molar refractivity (Wildman–Crippen MR) is 65.0 cm³/mol. The molecule has 0 aromatic carbocycles. The van der Waals surface area contributed by atoms with E-state index in [0.717, 1.165) is 38.3 Å². The first kappa shape index (κ1) is 11.9. The Balaban J connectivity index is 1.65. The van der Waals surface area contributed by atoms with Crippen molar-refractivity contribution in [3.63, 3.8) is 0 Å². The van der Waals surface area contributed by atoms with Crippen LogP contribution in [0.4, 0.5) is 0 Å². The van der Waals surface area contributed by atoms with Crippen molar-refractivity contribution >= 4 is 5.91 Å². The lowest BCUT2D eigenvalue weighted by atomic mass is 9.87. The maximum absolute atomic E-state index is 11.9. The number of nitrogens with two attached hydrogens (primary N) is 1. The molecule has 92 valence electrons. The second-order valence-electron chi connectivity index (χ2n) is 5.65. The molecule has 0 atom stereocenters. The number of hydrogen-bond acceptors (Lipinski definition) is 2. The monoisotopic (exact) mass is 224 g/mol. The maximum Gasteiger partial charge on any atom is 0.222 e. The van der Waals surface area contributed by atoms with Gasteiger partial charge in [0.05, 0.1) is 5.54 Å². The first-order valence-corrected chi connectivity index (χ1v) is 6.69. The Labute approximate surface area is 98.4 Å². The highest BCUT2D eigenvalue weighted by Gasteiger charge is 2.40. The molecule has 16 heavy (non-hydrogen) atoms. The normalized spacial score (nSPS) is 24.5. The minimum absolute atomic E-state index is 0.0803. The maximum atomic E-state index is 11.9. The van der Waals surface area contributed by atoms with Crippen LogP contribution in [0.1, 0.15) is 51.9 Å². The van der Waals surface area contributed by atoms with Crippen LogP contribution in [-0.2, 0) is 4.79 Å². The summed E-state index contributed by atoms with van der Waals surface area (Å²) in [4.78, 5) is 13.8. The largest absolute Gasteiger partial charge is 0.339 e. The lowest BCUT2D eigenvalue weighted by Gasteiger charge is -2.47. The molecular formula is C13H24N2O. The van der Waals surface area contributed by atoms with Crippen molar-refractivity contribution in [2.24, 2.45) is 11.7 Å². The van der Waals surface area contributed by atoms with E-state index in [1.54, 1.807) is 0 Å². The fraction of sp³-hybridized carbons (Fsp3) is 0.923. The molecule has 0 unspecified atom stereocenters. The number of amides is 1. The average Bonchev–Trinajstić information content (AvgIpc) is 2.74. The van der Waals surface area contributed by atoms with Crippen LogP contribution >= 0.6 is 0 Å². The zero-order valence-electron chi connectivity index (χ0n) is 10.4. The van der Waals surface area contributed by atoms with E-state index in [2.05, 4.69) is 6.92 Å². The molecular weight excluding hydrogens is 200 g/mol. The topological polar surface area (TPSA) is 46.3 Å². The van der Waals surface area contributed by atoms with E-state index < -0.39 is 0 Å². The molecule has 2 aliphatic rings. The van der Waals surface area contributed by atoms with Crippen LogP contribution in [0.3, 0.4) is 0 Å². The molecule has 1 saturated heterocycles. The van der Waals surface area contributed by atoms with E-state index in [9.17, 15) is 4.79 Å². The smallest absolute Gasteiger partial charge is 0.222 e. The van der Waals surface area contributed by atoms with Gasteiger partial charge in [-0.2, -0.15) is 0 Å². The molecule has 0 bridgehead atoms. The van der Waals surface area contributed by atoms with Gasteiger partial charge in [-0.15, -0.1) is 0 Å². The van der Waals surface area contributed by atoms with Crippen molar-refractivity contribution in [1.29, 1.82) is 0 Å². The predicted octanol–water partition coefficient (Wildman–Crippen LogP) is 1.91. The Morgan fingerprint density at radius 3 is 2.56 bits per heavy atom. The Morgan fingerprint density at radius 1 is 1.38 bits per heavy atom. The van der Waals surface area contributed by atoms with Crippen molar-refractivity contribution in [2.75, 3.05) is 13.1 Å². The minimum Gasteiger partial charge on any atom is -0.339 e.